The van der Waals surface area contributed by atoms with Crippen LogP contribution in [-0.2, 0) is 22.4 Å². The third kappa shape index (κ3) is 19.1. The molecule has 0 N–H and O–H groups in total. The summed E-state index contributed by atoms with van der Waals surface area (Å²) < 4.78 is 0. The summed E-state index contributed by atoms with van der Waals surface area (Å²) in [4.78, 5) is 0. The van der Waals surface area contributed by atoms with Gasteiger partial charge in [0.1, 0.15) is 5.40 Å². The van der Waals surface area contributed by atoms with Crippen molar-refractivity contribution >= 4 is 12.6 Å². The second-order valence-corrected chi connectivity index (χ2v) is 0.300. The molecule has 0 aliphatic heterocycles. The van der Waals surface area contributed by atoms with Crippen LogP contribution in [0.25, 0.3) is 0 Å². The van der Waals surface area contributed by atoms with Crippen molar-refractivity contribution in [3.8, 4) is 5.40 Å². The van der Waals surface area contributed by atoms with Crippen molar-refractivity contribution in [1.82, 2.24) is 0 Å². The van der Waals surface area contributed by atoms with E-state index < -0.39 is 0 Å². The van der Waals surface area contributed by atoms with Gasteiger partial charge in [-0.3, -0.25) is 0 Å². The van der Waals surface area contributed by atoms with E-state index in [1.54, 1.807) is 0 Å². The van der Waals surface area contributed by atoms with Gasteiger partial charge < -0.3 is 0 Å². The molecular weight excluding hydrogens is 255 g/mol. The molecule has 0 bridgehead atoms. The molecule has 0 rings (SSSR count). The van der Waals surface area contributed by atoms with Gasteiger partial charge in [-0.25, -0.2) is 0 Å². The summed E-state index contributed by atoms with van der Waals surface area (Å²) in [7, 11) is 0. The molecule has 27 valence electrons. The number of rotatable bonds is 0. The maximum atomic E-state index is 7.18. The van der Waals surface area contributed by atoms with Crippen LogP contribution in [-0.4, -0.2) is 0 Å². The van der Waals surface area contributed by atoms with Crippen LogP contribution in [0.2, 0.25) is 0 Å². The average Bonchev–Trinajstić information content (AvgIpc) is 0.918. The van der Waals surface area contributed by atoms with Gasteiger partial charge in [0.05, 0.1) is 0 Å². The molecule has 0 aliphatic rings. The minimum Gasteiger partial charge on any atom is -0.185 e. The van der Waals surface area contributed by atoms with Crippen LogP contribution in [0.15, 0.2) is 0 Å². The van der Waals surface area contributed by atoms with Gasteiger partial charge in [-0.2, -0.15) is 5.26 Å². The normalized spacial score (nSPS) is 2.00. The first-order chi connectivity index (χ1) is 1.41. The molecular formula is CHAuNS. The third-order valence-electron chi connectivity index (χ3n) is 0. The van der Waals surface area contributed by atoms with Crippen LogP contribution in [0.5, 0.6) is 0 Å². The molecule has 1 nitrogen and oxygen atoms in total. The van der Waals surface area contributed by atoms with Crippen molar-refractivity contribution in [3.05, 3.63) is 0 Å². The van der Waals surface area contributed by atoms with Gasteiger partial charge in [0.25, 0.3) is 0 Å². The SMILES string of the molecule is N#CS.[Au]. The van der Waals surface area contributed by atoms with E-state index in [2.05, 4.69) is 12.6 Å². The quantitative estimate of drug-likeness (QED) is 0.378. The van der Waals surface area contributed by atoms with Crippen molar-refractivity contribution < 1.29 is 22.4 Å². The summed E-state index contributed by atoms with van der Waals surface area (Å²) in [6, 6.07) is 0. The Bertz CT molecular complexity index is 29.5. The zero-order valence-electron chi connectivity index (χ0n) is 1.70. The standard InChI is InChI=1S/CHNS.Au/c2-1-3;/h3H;. The molecule has 0 heterocycles. The van der Waals surface area contributed by atoms with E-state index in [0.717, 1.165) is 0 Å². The van der Waals surface area contributed by atoms with Crippen LogP contribution >= 0.6 is 12.6 Å². The van der Waals surface area contributed by atoms with Gasteiger partial charge in [0.2, 0.25) is 0 Å². The van der Waals surface area contributed by atoms with Gasteiger partial charge in [-0.1, -0.05) is 12.6 Å². The predicted octanol–water partition coefficient (Wildman–Crippen LogP) is 0.395. The minimum atomic E-state index is 0. The topological polar surface area (TPSA) is 23.8 Å². The molecule has 0 aromatic carbocycles. The number of thiocyanates is 1. The van der Waals surface area contributed by atoms with Gasteiger partial charge in [-0.15, -0.1) is 0 Å². The largest absolute Gasteiger partial charge is 0.185 e. The van der Waals surface area contributed by atoms with Crippen molar-refractivity contribution in [1.29, 1.82) is 5.26 Å². The maximum absolute atomic E-state index is 7.18. The molecule has 4 heavy (non-hydrogen) atoms. The summed E-state index contributed by atoms with van der Waals surface area (Å²) in [5, 5.41) is 8.63. The zero-order chi connectivity index (χ0) is 2.71. The molecule has 1 radical (unpaired) electrons. The van der Waals surface area contributed by atoms with Crippen LogP contribution in [0.3, 0.4) is 0 Å². The van der Waals surface area contributed by atoms with E-state index in [-0.39, 0.29) is 22.4 Å². The Morgan fingerprint density at radius 1 is 1.75 bits per heavy atom. The van der Waals surface area contributed by atoms with E-state index in [1.807, 2.05) is 0 Å². The first kappa shape index (κ1) is 8.82. The molecule has 0 unspecified atom stereocenters. The second-order valence-electron chi connectivity index (χ2n) is 0.100. The molecule has 0 aromatic heterocycles. The average molecular weight is 256 g/mol. The van der Waals surface area contributed by atoms with Crippen LogP contribution < -0.4 is 0 Å². The molecule has 0 atom stereocenters. The van der Waals surface area contributed by atoms with E-state index in [0.29, 0.717) is 0 Å². The van der Waals surface area contributed by atoms with E-state index in [1.165, 1.54) is 5.40 Å². The smallest absolute Gasteiger partial charge is 0.130 e. The zero-order valence-corrected chi connectivity index (χ0v) is 4.76. The molecule has 0 saturated heterocycles. The Morgan fingerprint density at radius 2 is 1.75 bits per heavy atom. The Morgan fingerprint density at radius 3 is 1.75 bits per heavy atom. The summed E-state index contributed by atoms with van der Waals surface area (Å²) in [6.45, 7) is 0. The van der Waals surface area contributed by atoms with Gasteiger partial charge in [-0.05, 0) is 0 Å². The molecule has 3 heteroatoms. The van der Waals surface area contributed by atoms with E-state index in [9.17, 15) is 0 Å². The monoisotopic (exact) mass is 256 g/mol. The minimum absolute atomic E-state index is 0. The van der Waals surface area contributed by atoms with Crippen LogP contribution in [0, 0.1) is 10.7 Å². The molecule has 0 amide bonds. The first-order valence-corrected chi connectivity index (χ1v) is 0.894. The Balaban J connectivity index is 0. The van der Waals surface area contributed by atoms with Crippen molar-refractivity contribution in [2.24, 2.45) is 0 Å². The molecule has 0 saturated carbocycles. The van der Waals surface area contributed by atoms with Crippen LogP contribution in [0.1, 0.15) is 0 Å². The molecule has 0 aromatic rings. The third-order valence-corrected chi connectivity index (χ3v) is 0. The number of nitriles is 1. The van der Waals surface area contributed by atoms with E-state index in [4.69, 9.17) is 5.26 Å². The summed E-state index contributed by atoms with van der Waals surface area (Å²) in [6.07, 6.45) is 0. The van der Waals surface area contributed by atoms with Crippen LogP contribution in [0.4, 0.5) is 0 Å². The fourth-order valence-corrected chi connectivity index (χ4v) is 0. The van der Waals surface area contributed by atoms with E-state index >= 15 is 0 Å². The summed E-state index contributed by atoms with van der Waals surface area (Å²) in [5.41, 5.74) is 0. The summed E-state index contributed by atoms with van der Waals surface area (Å²) in [5.74, 6) is 0. The predicted molar refractivity (Wildman–Crippen MR) is 14.6 cm³/mol. The molecule has 0 aliphatic carbocycles. The Hall–Kier alpha value is 0.580. The Kier molecular flexibility index (Phi) is 21.0. The van der Waals surface area contributed by atoms with Crippen molar-refractivity contribution in [2.45, 2.75) is 0 Å². The number of hydrogen-bond acceptors (Lipinski definition) is 2. The van der Waals surface area contributed by atoms with Crippen molar-refractivity contribution in [2.75, 3.05) is 0 Å². The first-order valence-electron chi connectivity index (χ1n) is 0.447. The van der Waals surface area contributed by atoms with Gasteiger partial charge >= 0.3 is 0 Å². The number of nitrogens with zero attached hydrogens (tertiary/aromatic N) is 1. The summed E-state index contributed by atoms with van der Waals surface area (Å²) >= 11 is 3.09. The molecule has 0 fully saturated rings. The van der Waals surface area contributed by atoms with Gasteiger partial charge in [0.15, 0.2) is 0 Å². The van der Waals surface area contributed by atoms with Gasteiger partial charge in [0, 0.05) is 22.4 Å². The number of thiol groups is 1. The fourth-order valence-electron chi connectivity index (χ4n) is 0. The van der Waals surface area contributed by atoms with Crippen molar-refractivity contribution in [3.63, 3.8) is 0 Å². The molecule has 0 spiro atoms. The maximum Gasteiger partial charge on any atom is 0.130 e. The number of hydrogen-bond donors (Lipinski definition) is 1. The Labute approximate surface area is 45.9 Å². The fraction of sp³-hybridized carbons (Fsp3) is 0. The second kappa shape index (κ2) is 9.55.